The van der Waals surface area contributed by atoms with E-state index in [-0.39, 0.29) is 11.7 Å². The maximum absolute atomic E-state index is 11.5. The fourth-order valence-corrected chi connectivity index (χ4v) is 1.28. The normalized spacial score (nSPS) is 26.8. The van der Waals surface area contributed by atoms with Gasteiger partial charge in [-0.2, -0.15) is 0 Å². The first-order valence-electron chi connectivity index (χ1n) is 4.06. The minimum absolute atomic E-state index is 0.0723. The van der Waals surface area contributed by atoms with Gasteiger partial charge in [-0.1, -0.05) is 30.3 Å². The lowest BCUT2D eigenvalue weighted by Gasteiger charge is -1.96. The molecular weight excluding hydrogens is 152 g/mol. The Morgan fingerprint density at radius 1 is 1.33 bits per heavy atom. The van der Waals surface area contributed by atoms with Crippen molar-refractivity contribution in [2.24, 2.45) is 5.92 Å². The molecule has 2 heteroatoms. The van der Waals surface area contributed by atoms with Gasteiger partial charge in [-0.3, -0.25) is 4.79 Å². The van der Waals surface area contributed by atoms with E-state index in [0.29, 0.717) is 12.0 Å². The fourth-order valence-electron chi connectivity index (χ4n) is 1.28. The van der Waals surface area contributed by atoms with Gasteiger partial charge in [0.1, 0.15) is 0 Å². The zero-order valence-corrected chi connectivity index (χ0v) is 6.60. The minimum Gasteiger partial charge on any atom is -0.392 e. The highest BCUT2D eigenvalue weighted by atomic mass is 16.3. The summed E-state index contributed by atoms with van der Waals surface area (Å²) in [6.07, 6.45) is 0.242. The SMILES string of the molecule is O=C(c1ccccc1)[C@H]1C[C@@H]1O. The molecule has 0 bridgehead atoms. The molecule has 0 aromatic heterocycles. The van der Waals surface area contributed by atoms with Crippen LogP contribution in [-0.4, -0.2) is 17.0 Å². The van der Waals surface area contributed by atoms with Crippen molar-refractivity contribution in [2.75, 3.05) is 0 Å². The first-order valence-corrected chi connectivity index (χ1v) is 4.06. The molecule has 0 saturated heterocycles. The monoisotopic (exact) mass is 162 g/mol. The predicted molar refractivity (Wildman–Crippen MR) is 44.9 cm³/mol. The highest BCUT2D eigenvalue weighted by molar-refractivity contribution is 5.99. The molecule has 1 saturated carbocycles. The van der Waals surface area contributed by atoms with Gasteiger partial charge in [0.2, 0.25) is 0 Å². The number of carbonyl (C=O) groups excluding carboxylic acids is 1. The molecule has 0 aliphatic heterocycles. The molecule has 0 amide bonds. The predicted octanol–water partition coefficient (Wildman–Crippen LogP) is 1.25. The number of Topliss-reactive ketones (excluding diaryl/α,β-unsaturated/α-hetero) is 1. The van der Waals surface area contributed by atoms with E-state index in [1.165, 1.54) is 0 Å². The topological polar surface area (TPSA) is 37.3 Å². The van der Waals surface area contributed by atoms with Crippen molar-refractivity contribution in [1.82, 2.24) is 0 Å². The summed E-state index contributed by atoms with van der Waals surface area (Å²) in [6, 6.07) is 9.12. The smallest absolute Gasteiger partial charge is 0.168 e. The fraction of sp³-hybridized carbons (Fsp3) is 0.300. The van der Waals surface area contributed by atoms with Gasteiger partial charge in [-0.25, -0.2) is 0 Å². The average Bonchev–Trinajstić information content (AvgIpc) is 2.83. The Labute approximate surface area is 70.8 Å². The molecule has 0 heterocycles. The molecule has 1 N–H and O–H groups in total. The van der Waals surface area contributed by atoms with Crippen molar-refractivity contribution in [2.45, 2.75) is 12.5 Å². The largest absolute Gasteiger partial charge is 0.392 e. The van der Waals surface area contributed by atoms with Gasteiger partial charge < -0.3 is 5.11 Å². The third-order valence-corrected chi connectivity index (χ3v) is 2.15. The van der Waals surface area contributed by atoms with Crippen LogP contribution in [0.2, 0.25) is 0 Å². The zero-order chi connectivity index (χ0) is 8.55. The van der Waals surface area contributed by atoms with Gasteiger partial charge in [0, 0.05) is 5.56 Å². The van der Waals surface area contributed by atoms with E-state index in [1.807, 2.05) is 18.2 Å². The van der Waals surface area contributed by atoms with Crippen LogP contribution in [0.5, 0.6) is 0 Å². The number of aliphatic hydroxyl groups is 1. The van der Waals surface area contributed by atoms with Gasteiger partial charge >= 0.3 is 0 Å². The van der Waals surface area contributed by atoms with Crippen LogP contribution in [0, 0.1) is 5.92 Å². The van der Waals surface area contributed by atoms with Gasteiger partial charge in [0.15, 0.2) is 5.78 Å². The van der Waals surface area contributed by atoms with Gasteiger partial charge in [0.05, 0.1) is 12.0 Å². The molecule has 0 radical (unpaired) electrons. The second-order valence-electron chi connectivity index (χ2n) is 3.14. The average molecular weight is 162 g/mol. The summed E-state index contributed by atoms with van der Waals surface area (Å²) in [5.41, 5.74) is 0.707. The number of rotatable bonds is 2. The number of aliphatic hydroxyl groups excluding tert-OH is 1. The van der Waals surface area contributed by atoms with Crippen LogP contribution in [0.1, 0.15) is 16.8 Å². The Balaban J connectivity index is 2.16. The number of hydrogen-bond donors (Lipinski definition) is 1. The Kier molecular flexibility index (Phi) is 1.70. The molecule has 1 aromatic carbocycles. The van der Waals surface area contributed by atoms with Crippen LogP contribution >= 0.6 is 0 Å². The van der Waals surface area contributed by atoms with Gasteiger partial charge in [-0.05, 0) is 6.42 Å². The molecule has 1 aromatic rings. The Morgan fingerprint density at radius 2 is 1.92 bits per heavy atom. The summed E-state index contributed by atoms with van der Waals surface area (Å²) in [5.74, 6) is -0.0597. The second kappa shape index (κ2) is 2.72. The highest BCUT2D eigenvalue weighted by Crippen LogP contribution is 2.33. The quantitative estimate of drug-likeness (QED) is 0.664. The zero-order valence-electron chi connectivity index (χ0n) is 6.60. The second-order valence-corrected chi connectivity index (χ2v) is 3.14. The van der Waals surface area contributed by atoms with E-state index in [2.05, 4.69) is 0 Å². The molecular formula is C10H10O2. The maximum Gasteiger partial charge on any atom is 0.168 e. The van der Waals surface area contributed by atoms with Crippen molar-refractivity contribution in [3.8, 4) is 0 Å². The first-order chi connectivity index (χ1) is 5.79. The van der Waals surface area contributed by atoms with Crippen LogP contribution < -0.4 is 0 Å². The van der Waals surface area contributed by atoms with Crippen molar-refractivity contribution in [3.05, 3.63) is 35.9 Å². The maximum atomic E-state index is 11.5. The van der Waals surface area contributed by atoms with Gasteiger partial charge in [0.25, 0.3) is 0 Å². The lowest BCUT2D eigenvalue weighted by atomic mass is 10.1. The Morgan fingerprint density at radius 3 is 2.42 bits per heavy atom. The molecule has 2 atom stereocenters. The first kappa shape index (κ1) is 7.50. The Bertz CT molecular complexity index is 292. The third kappa shape index (κ3) is 1.25. The summed E-state index contributed by atoms with van der Waals surface area (Å²) >= 11 is 0. The number of ketones is 1. The van der Waals surface area contributed by atoms with E-state index in [4.69, 9.17) is 5.11 Å². The molecule has 0 unspecified atom stereocenters. The number of carbonyl (C=O) groups is 1. The molecule has 62 valence electrons. The summed E-state index contributed by atoms with van der Waals surface area (Å²) in [5, 5.41) is 9.04. The summed E-state index contributed by atoms with van der Waals surface area (Å²) in [4.78, 5) is 11.5. The highest BCUT2D eigenvalue weighted by Gasteiger charge is 2.41. The van der Waals surface area contributed by atoms with Crippen LogP contribution in [0.25, 0.3) is 0 Å². The van der Waals surface area contributed by atoms with Crippen LogP contribution in [0.4, 0.5) is 0 Å². The van der Waals surface area contributed by atoms with E-state index in [0.717, 1.165) is 0 Å². The Hall–Kier alpha value is -1.15. The lowest BCUT2D eigenvalue weighted by Crippen LogP contribution is -2.04. The van der Waals surface area contributed by atoms with E-state index < -0.39 is 6.10 Å². The van der Waals surface area contributed by atoms with Crippen molar-refractivity contribution >= 4 is 5.78 Å². The van der Waals surface area contributed by atoms with Crippen LogP contribution in [-0.2, 0) is 0 Å². The number of hydrogen-bond acceptors (Lipinski definition) is 2. The van der Waals surface area contributed by atoms with E-state index in [1.54, 1.807) is 12.1 Å². The van der Waals surface area contributed by atoms with Crippen LogP contribution in [0.3, 0.4) is 0 Å². The molecule has 0 spiro atoms. The van der Waals surface area contributed by atoms with Crippen molar-refractivity contribution in [1.29, 1.82) is 0 Å². The van der Waals surface area contributed by atoms with Crippen molar-refractivity contribution < 1.29 is 9.90 Å². The standard InChI is InChI=1S/C10H10O2/c11-9-6-8(9)10(12)7-4-2-1-3-5-7/h1-5,8-9,11H,6H2/t8-,9-/m0/s1. The molecule has 1 aliphatic carbocycles. The van der Waals surface area contributed by atoms with E-state index >= 15 is 0 Å². The minimum atomic E-state index is -0.391. The summed E-state index contributed by atoms with van der Waals surface area (Å²) in [7, 11) is 0. The third-order valence-electron chi connectivity index (χ3n) is 2.15. The van der Waals surface area contributed by atoms with Crippen molar-refractivity contribution in [3.63, 3.8) is 0 Å². The lowest BCUT2D eigenvalue weighted by molar-refractivity contribution is 0.0943. The van der Waals surface area contributed by atoms with E-state index in [9.17, 15) is 4.79 Å². The van der Waals surface area contributed by atoms with Crippen LogP contribution in [0.15, 0.2) is 30.3 Å². The summed E-state index contributed by atoms with van der Waals surface area (Å²) < 4.78 is 0. The summed E-state index contributed by atoms with van der Waals surface area (Å²) in [6.45, 7) is 0. The molecule has 12 heavy (non-hydrogen) atoms. The number of benzene rings is 1. The molecule has 1 fully saturated rings. The molecule has 2 rings (SSSR count). The molecule has 2 nitrogen and oxygen atoms in total. The molecule has 1 aliphatic rings. The van der Waals surface area contributed by atoms with Gasteiger partial charge in [-0.15, -0.1) is 0 Å².